The predicted molar refractivity (Wildman–Crippen MR) is 73.8 cm³/mol. The molecule has 1 atom stereocenters. The number of halogens is 1. The van der Waals surface area contributed by atoms with Crippen molar-refractivity contribution in [2.24, 2.45) is 0 Å². The number of aryl methyl sites for hydroxylation is 1. The molecule has 0 bridgehead atoms. The molecule has 0 saturated heterocycles. The maximum atomic E-state index is 6.06. The highest BCUT2D eigenvalue weighted by atomic mass is 35.5. The molecule has 1 aromatic heterocycles. The molecule has 0 radical (unpaired) electrons. The Morgan fingerprint density at radius 1 is 1.29 bits per heavy atom. The minimum absolute atomic E-state index is 0.473. The Kier molecular flexibility index (Phi) is 5.69. The van der Waals surface area contributed by atoms with E-state index in [1.165, 1.54) is 0 Å². The lowest BCUT2D eigenvalue weighted by Crippen LogP contribution is -2.33. The fraction of sp³-hybridized carbons (Fsp3) is 0.692. The van der Waals surface area contributed by atoms with Gasteiger partial charge in [-0.2, -0.15) is 0 Å². The van der Waals surface area contributed by atoms with Crippen molar-refractivity contribution in [3.63, 3.8) is 0 Å². The van der Waals surface area contributed by atoms with Crippen LogP contribution in [0.4, 0.5) is 5.82 Å². The van der Waals surface area contributed by atoms with Crippen molar-refractivity contribution in [2.75, 3.05) is 11.4 Å². The Balaban J connectivity index is 3.01. The largest absolute Gasteiger partial charge is 0.354 e. The van der Waals surface area contributed by atoms with E-state index in [2.05, 4.69) is 42.6 Å². The molecule has 1 unspecified atom stereocenters. The predicted octanol–water partition coefficient (Wildman–Crippen LogP) is 3.71. The van der Waals surface area contributed by atoms with E-state index >= 15 is 0 Å². The van der Waals surface area contributed by atoms with Crippen molar-refractivity contribution in [2.45, 2.75) is 53.0 Å². The number of nitrogens with zero attached hydrogens (tertiary/aromatic N) is 3. The van der Waals surface area contributed by atoms with Crippen molar-refractivity contribution in [1.29, 1.82) is 0 Å². The number of hydrogen-bond donors (Lipinski definition) is 0. The number of anilines is 1. The van der Waals surface area contributed by atoms with Gasteiger partial charge in [-0.15, -0.1) is 0 Å². The van der Waals surface area contributed by atoms with Gasteiger partial charge in [0.2, 0.25) is 0 Å². The van der Waals surface area contributed by atoms with Crippen LogP contribution in [0.5, 0.6) is 0 Å². The summed E-state index contributed by atoms with van der Waals surface area (Å²) in [6, 6.07) is 2.33. The van der Waals surface area contributed by atoms with Gasteiger partial charge in [0, 0.05) is 25.1 Å². The van der Waals surface area contributed by atoms with Gasteiger partial charge in [-0.05, 0) is 26.7 Å². The summed E-state index contributed by atoms with van der Waals surface area (Å²) < 4.78 is 0. The highest BCUT2D eigenvalue weighted by Gasteiger charge is 2.14. The molecule has 0 spiro atoms. The lowest BCUT2D eigenvalue weighted by Gasteiger charge is -2.28. The highest BCUT2D eigenvalue weighted by molar-refractivity contribution is 6.29. The normalized spacial score (nSPS) is 12.5. The number of aromatic nitrogens is 2. The van der Waals surface area contributed by atoms with Crippen LogP contribution in [0.3, 0.4) is 0 Å². The topological polar surface area (TPSA) is 29.0 Å². The smallest absolute Gasteiger partial charge is 0.134 e. The first-order valence-electron chi connectivity index (χ1n) is 6.42. The van der Waals surface area contributed by atoms with Gasteiger partial charge in [-0.1, -0.05) is 25.4 Å². The standard InChI is InChI=1S/C13H22ClN3/c1-5-8-12-15-11(14)9-13(16-12)17(7-3)10(4)6-2/h9-10H,5-8H2,1-4H3. The van der Waals surface area contributed by atoms with Crippen molar-refractivity contribution >= 4 is 17.4 Å². The van der Waals surface area contributed by atoms with Crippen LogP contribution in [-0.2, 0) is 6.42 Å². The zero-order valence-corrected chi connectivity index (χ0v) is 12.0. The Labute approximate surface area is 109 Å². The van der Waals surface area contributed by atoms with Crippen LogP contribution in [0.15, 0.2) is 6.07 Å². The zero-order chi connectivity index (χ0) is 12.8. The Bertz CT molecular complexity index is 355. The summed E-state index contributed by atoms with van der Waals surface area (Å²) in [7, 11) is 0. The Morgan fingerprint density at radius 2 is 2.00 bits per heavy atom. The van der Waals surface area contributed by atoms with Crippen molar-refractivity contribution < 1.29 is 0 Å². The van der Waals surface area contributed by atoms with E-state index in [9.17, 15) is 0 Å². The molecule has 1 heterocycles. The van der Waals surface area contributed by atoms with Crippen LogP contribution in [0.2, 0.25) is 5.15 Å². The number of rotatable bonds is 6. The molecule has 1 rings (SSSR count). The molecule has 17 heavy (non-hydrogen) atoms. The molecule has 0 aliphatic carbocycles. The van der Waals surface area contributed by atoms with Gasteiger partial charge >= 0.3 is 0 Å². The third kappa shape index (κ3) is 3.84. The van der Waals surface area contributed by atoms with E-state index < -0.39 is 0 Å². The summed E-state index contributed by atoms with van der Waals surface area (Å²) in [5.74, 6) is 1.79. The summed E-state index contributed by atoms with van der Waals surface area (Å²) in [6.07, 6.45) is 3.01. The number of hydrogen-bond acceptors (Lipinski definition) is 3. The average molecular weight is 256 g/mol. The molecular formula is C13H22ClN3. The third-order valence-electron chi connectivity index (χ3n) is 2.96. The molecule has 0 fully saturated rings. The van der Waals surface area contributed by atoms with E-state index in [0.29, 0.717) is 11.2 Å². The SMILES string of the molecule is CCCc1nc(Cl)cc(N(CC)C(C)CC)n1. The highest BCUT2D eigenvalue weighted by Crippen LogP contribution is 2.19. The first-order chi connectivity index (χ1) is 8.12. The summed E-state index contributed by atoms with van der Waals surface area (Å²) in [6.45, 7) is 9.59. The monoisotopic (exact) mass is 255 g/mol. The fourth-order valence-electron chi connectivity index (χ4n) is 1.85. The lowest BCUT2D eigenvalue weighted by molar-refractivity contribution is 0.619. The van der Waals surface area contributed by atoms with Gasteiger partial charge in [0.05, 0.1) is 0 Å². The van der Waals surface area contributed by atoms with Crippen LogP contribution < -0.4 is 4.90 Å². The van der Waals surface area contributed by atoms with Crippen molar-refractivity contribution in [3.05, 3.63) is 17.0 Å². The van der Waals surface area contributed by atoms with E-state index in [1.807, 2.05) is 6.07 Å². The molecule has 0 saturated carbocycles. The minimum Gasteiger partial charge on any atom is -0.354 e. The van der Waals surface area contributed by atoms with Gasteiger partial charge in [-0.3, -0.25) is 0 Å². The van der Waals surface area contributed by atoms with Crippen LogP contribution in [0.1, 0.15) is 46.4 Å². The Hall–Kier alpha value is -0.830. The lowest BCUT2D eigenvalue weighted by atomic mass is 10.2. The van der Waals surface area contributed by atoms with Gasteiger partial charge in [0.25, 0.3) is 0 Å². The molecule has 0 aliphatic heterocycles. The summed E-state index contributed by atoms with van der Waals surface area (Å²) in [4.78, 5) is 11.1. The summed E-state index contributed by atoms with van der Waals surface area (Å²) in [5.41, 5.74) is 0. The second-order valence-corrected chi connectivity index (χ2v) is 4.65. The molecule has 3 nitrogen and oxygen atoms in total. The van der Waals surface area contributed by atoms with Gasteiger partial charge in [-0.25, -0.2) is 9.97 Å². The van der Waals surface area contributed by atoms with E-state index in [0.717, 1.165) is 37.4 Å². The second kappa shape index (κ2) is 6.80. The van der Waals surface area contributed by atoms with Gasteiger partial charge < -0.3 is 4.90 Å². The zero-order valence-electron chi connectivity index (χ0n) is 11.2. The van der Waals surface area contributed by atoms with Crippen LogP contribution in [-0.4, -0.2) is 22.6 Å². The molecule has 0 aliphatic rings. The molecular weight excluding hydrogens is 234 g/mol. The summed E-state index contributed by atoms with van der Waals surface area (Å²) >= 11 is 6.06. The fourth-order valence-corrected chi connectivity index (χ4v) is 2.05. The molecule has 0 aromatic carbocycles. The second-order valence-electron chi connectivity index (χ2n) is 4.26. The Morgan fingerprint density at radius 3 is 2.53 bits per heavy atom. The molecule has 4 heteroatoms. The maximum Gasteiger partial charge on any atom is 0.134 e. The molecule has 96 valence electrons. The molecule has 0 N–H and O–H groups in total. The first kappa shape index (κ1) is 14.2. The van der Waals surface area contributed by atoms with Crippen molar-refractivity contribution in [1.82, 2.24) is 9.97 Å². The van der Waals surface area contributed by atoms with E-state index in [4.69, 9.17) is 11.6 Å². The van der Waals surface area contributed by atoms with Crippen LogP contribution >= 0.6 is 11.6 Å². The van der Waals surface area contributed by atoms with E-state index in [-0.39, 0.29) is 0 Å². The van der Waals surface area contributed by atoms with Crippen LogP contribution in [0, 0.1) is 0 Å². The van der Waals surface area contributed by atoms with Crippen molar-refractivity contribution in [3.8, 4) is 0 Å². The van der Waals surface area contributed by atoms with Gasteiger partial charge in [0.15, 0.2) is 0 Å². The average Bonchev–Trinajstić information content (AvgIpc) is 2.29. The van der Waals surface area contributed by atoms with E-state index in [1.54, 1.807) is 0 Å². The first-order valence-corrected chi connectivity index (χ1v) is 6.80. The maximum absolute atomic E-state index is 6.06. The minimum atomic E-state index is 0.473. The van der Waals surface area contributed by atoms with Gasteiger partial charge in [0.1, 0.15) is 16.8 Å². The van der Waals surface area contributed by atoms with Crippen LogP contribution in [0.25, 0.3) is 0 Å². The molecule has 1 aromatic rings. The quantitative estimate of drug-likeness (QED) is 0.726. The summed E-state index contributed by atoms with van der Waals surface area (Å²) in [5, 5.41) is 0.542. The third-order valence-corrected chi connectivity index (χ3v) is 3.15. The molecule has 0 amide bonds.